The molecule has 1 aliphatic heterocycles. The van der Waals surface area contributed by atoms with Gasteiger partial charge in [-0.15, -0.1) is 0 Å². The van der Waals surface area contributed by atoms with Gasteiger partial charge in [0.15, 0.2) is 5.96 Å². The number of likely N-dealkylation sites (tertiary alicyclic amines) is 1. The molecule has 2 unspecified atom stereocenters. The average Bonchev–Trinajstić information content (AvgIpc) is 2.57. The normalized spacial score (nSPS) is 20.5. The van der Waals surface area contributed by atoms with E-state index in [2.05, 4.69) is 41.3 Å². The van der Waals surface area contributed by atoms with Crippen LogP contribution in [-0.2, 0) is 4.79 Å². The van der Waals surface area contributed by atoms with Crippen LogP contribution in [0.2, 0.25) is 0 Å². The number of hydrogen-bond acceptors (Lipinski definition) is 3. The maximum Gasteiger partial charge on any atom is 0.221 e. The number of hydrogen-bond donors (Lipinski definition) is 3. The number of nitrogens with zero attached hydrogens (tertiary/aromatic N) is 2. The van der Waals surface area contributed by atoms with E-state index in [4.69, 9.17) is 5.73 Å². The third-order valence-corrected chi connectivity index (χ3v) is 4.88. The monoisotopic (exact) mass is 353 g/mol. The van der Waals surface area contributed by atoms with Crippen LogP contribution in [0.25, 0.3) is 0 Å². The molecule has 1 saturated heterocycles. The van der Waals surface area contributed by atoms with Gasteiger partial charge in [0, 0.05) is 26.2 Å². The van der Waals surface area contributed by atoms with E-state index in [-0.39, 0.29) is 11.8 Å². The number of nitrogens with one attached hydrogen (secondary N) is 2. The van der Waals surface area contributed by atoms with Crippen molar-refractivity contribution < 1.29 is 4.79 Å². The van der Waals surface area contributed by atoms with E-state index in [1.807, 2.05) is 7.05 Å². The largest absolute Gasteiger partial charge is 0.369 e. The van der Waals surface area contributed by atoms with E-state index in [1.54, 1.807) is 0 Å². The zero-order valence-electron chi connectivity index (χ0n) is 16.7. The van der Waals surface area contributed by atoms with Gasteiger partial charge in [0.2, 0.25) is 5.91 Å². The lowest BCUT2D eigenvalue weighted by Crippen LogP contribution is -2.44. The topological polar surface area (TPSA) is 82.8 Å². The van der Waals surface area contributed by atoms with Crippen LogP contribution in [0.5, 0.6) is 0 Å². The predicted molar refractivity (Wildman–Crippen MR) is 106 cm³/mol. The van der Waals surface area contributed by atoms with E-state index >= 15 is 0 Å². The first-order valence-corrected chi connectivity index (χ1v) is 9.91. The molecule has 4 N–H and O–H groups in total. The number of guanidine groups is 1. The Balaban J connectivity index is 2.17. The summed E-state index contributed by atoms with van der Waals surface area (Å²) in [5.74, 6) is 1.53. The molecule has 1 rings (SSSR count). The molecule has 0 aromatic carbocycles. The third kappa shape index (κ3) is 9.68. The standard InChI is InChI=1S/C19H39N5O/c1-15(2)8-5-9-16(3)23-19(21-4)22-11-7-13-24-12-6-10-17(14-24)18(20)25/h15-17H,5-14H2,1-4H3,(H2,20,25)(H2,21,22,23). The lowest BCUT2D eigenvalue weighted by Gasteiger charge is -2.31. The quantitative estimate of drug-likeness (QED) is 0.318. The van der Waals surface area contributed by atoms with Crippen LogP contribution < -0.4 is 16.4 Å². The van der Waals surface area contributed by atoms with Gasteiger partial charge >= 0.3 is 0 Å². The van der Waals surface area contributed by atoms with Gasteiger partial charge in [-0.25, -0.2) is 0 Å². The molecule has 0 bridgehead atoms. The molecular formula is C19H39N5O. The van der Waals surface area contributed by atoms with Gasteiger partial charge < -0.3 is 21.3 Å². The van der Waals surface area contributed by atoms with Gasteiger partial charge in [-0.1, -0.05) is 26.7 Å². The molecule has 0 saturated carbocycles. The minimum Gasteiger partial charge on any atom is -0.369 e. The molecule has 0 aromatic heterocycles. The lowest BCUT2D eigenvalue weighted by molar-refractivity contribution is -0.123. The molecule has 0 aliphatic carbocycles. The molecule has 1 fully saturated rings. The van der Waals surface area contributed by atoms with Crippen molar-refractivity contribution in [3.05, 3.63) is 0 Å². The van der Waals surface area contributed by atoms with Gasteiger partial charge in [-0.05, 0) is 51.6 Å². The summed E-state index contributed by atoms with van der Waals surface area (Å²) < 4.78 is 0. The number of nitrogens with two attached hydrogens (primary N) is 1. The molecule has 25 heavy (non-hydrogen) atoms. The van der Waals surface area contributed by atoms with Crippen LogP contribution in [-0.4, -0.2) is 56.0 Å². The maximum absolute atomic E-state index is 11.3. The van der Waals surface area contributed by atoms with Crippen molar-refractivity contribution in [3.63, 3.8) is 0 Å². The van der Waals surface area contributed by atoms with Crippen LogP contribution in [0.4, 0.5) is 0 Å². The number of primary amides is 1. The first kappa shape index (κ1) is 21.7. The van der Waals surface area contributed by atoms with Crippen LogP contribution in [0.1, 0.15) is 59.3 Å². The number of aliphatic imine (C=N–C) groups is 1. The molecule has 146 valence electrons. The first-order chi connectivity index (χ1) is 11.9. The molecule has 2 atom stereocenters. The van der Waals surface area contributed by atoms with Crippen molar-refractivity contribution in [2.24, 2.45) is 22.6 Å². The Hall–Kier alpha value is -1.30. The number of carbonyl (C=O) groups is 1. The summed E-state index contributed by atoms with van der Waals surface area (Å²) >= 11 is 0. The molecule has 1 amide bonds. The van der Waals surface area contributed by atoms with Crippen molar-refractivity contribution in [3.8, 4) is 0 Å². The highest BCUT2D eigenvalue weighted by Crippen LogP contribution is 2.15. The first-order valence-electron chi connectivity index (χ1n) is 9.91. The molecular weight excluding hydrogens is 314 g/mol. The maximum atomic E-state index is 11.3. The Bertz CT molecular complexity index is 411. The lowest BCUT2D eigenvalue weighted by atomic mass is 9.97. The number of piperidine rings is 1. The Morgan fingerprint density at radius 3 is 2.68 bits per heavy atom. The minimum absolute atomic E-state index is 0.0304. The zero-order chi connectivity index (χ0) is 18.7. The summed E-state index contributed by atoms with van der Waals surface area (Å²) in [5.41, 5.74) is 5.44. The average molecular weight is 354 g/mol. The van der Waals surface area contributed by atoms with Gasteiger partial charge in [-0.3, -0.25) is 9.79 Å². The highest BCUT2D eigenvalue weighted by Gasteiger charge is 2.23. The van der Waals surface area contributed by atoms with Crippen LogP contribution in [0.15, 0.2) is 4.99 Å². The predicted octanol–water partition coefficient (Wildman–Crippen LogP) is 1.95. The summed E-state index contributed by atoms with van der Waals surface area (Å²) in [4.78, 5) is 18.0. The molecule has 1 aliphatic rings. The third-order valence-electron chi connectivity index (χ3n) is 4.88. The zero-order valence-corrected chi connectivity index (χ0v) is 16.7. The fraction of sp³-hybridized carbons (Fsp3) is 0.895. The molecule has 0 aromatic rings. The smallest absolute Gasteiger partial charge is 0.221 e. The van der Waals surface area contributed by atoms with E-state index in [9.17, 15) is 4.79 Å². The Kier molecular flexibility index (Phi) is 10.5. The molecule has 6 nitrogen and oxygen atoms in total. The highest BCUT2D eigenvalue weighted by atomic mass is 16.1. The fourth-order valence-electron chi connectivity index (χ4n) is 3.33. The van der Waals surface area contributed by atoms with Gasteiger partial charge in [0.1, 0.15) is 0 Å². The van der Waals surface area contributed by atoms with Crippen molar-refractivity contribution in [2.45, 2.75) is 65.3 Å². The van der Waals surface area contributed by atoms with E-state index in [1.165, 1.54) is 19.3 Å². The van der Waals surface area contributed by atoms with Crippen LogP contribution in [0.3, 0.4) is 0 Å². The van der Waals surface area contributed by atoms with Crippen molar-refractivity contribution in [1.82, 2.24) is 15.5 Å². The number of amides is 1. The molecule has 6 heteroatoms. The van der Waals surface area contributed by atoms with Gasteiger partial charge in [0.05, 0.1) is 5.92 Å². The number of rotatable bonds is 10. The van der Waals surface area contributed by atoms with Crippen LogP contribution >= 0.6 is 0 Å². The summed E-state index contributed by atoms with van der Waals surface area (Å²) in [6.07, 6.45) is 6.74. The second-order valence-corrected chi connectivity index (χ2v) is 7.76. The highest BCUT2D eigenvalue weighted by molar-refractivity contribution is 5.79. The molecule has 0 radical (unpaired) electrons. The van der Waals surface area contributed by atoms with Crippen molar-refractivity contribution in [2.75, 3.05) is 33.2 Å². The van der Waals surface area contributed by atoms with Gasteiger partial charge in [-0.2, -0.15) is 0 Å². The minimum atomic E-state index is -0.154. The van der Waals surface area contributed by atoms with E-state index in [0.29, 0.717) is 6.04 Å². The van der Waals surface area contributed by atoms with Crippen LogP contribution in [0, 0.1) is 11.8 Å². The van der Waals surface area contributed by atoms with Crippen molar-refractivity contribution in [1.29, 1.82) is 0 Å². The Labute approximate surface area is 154 Å². The summed E-state index contributed by atoms with van der Waals surface area (Å²) in [5, 5.41) is 6.86. The Morgan fingerprint density at radius 2 is 2.04 bits per heavy atom. The molecule has 0 spiro atoms. The number of carbonyl (C=O) groups excluding carboxylic acids is 1. The van der Waals surface area contributed by atoms with Gasteiger partial charge in [0.25, 0.3) is 0 Å². The SMILES string of the molecule is CN=C(NCCCN1CCCC(C(N)=O)C1)NC(C)CCCC(C)C. The second-order valence-electron chi connectivity index (χ2n) is 7.76. The summed E-state index contributed by atoms with van der Waals surface area (Å²) in [7, 11) is 1.82. The fourth-order valence-corrected chi connectivity index (χ4v) is 3.33. The van der Waals surface area contributed by atoms with E-state index in [0.717, 1.165) is 57.3 Å². The summed E-state index contributed by atoms with van der Waals surface area (Å²) in [6, 6.07) is 0.434. The summed E-state index contributed by atoms with van der Waals surface area (Å²) in [6.45, 7) is 10.5. The Morgan fingerprint density at radius 1 is 1.28 bits per heavy atom. The van der Waals surface area contributed by atoms with E-state index < -0.39 is 0 Å². The van der Waals surface area contributed by atoms with Crippen molar-refractivity contribution >= 4 is 11.9 Å². The second kappa shape index (κ2) is 12.1. The molecule has 1 heterocycles.